The van der Waals surface area contributed by atoms with Crippen LogP contribution in [0.25, 0.3) is 22.4 Å². The van der Waals surface area contributed by atoms with E-state index in [1.165, 1.54) is 0 Å². The second kappa shape index (κ2) is 6.54. The number of fused-ring (bicyclic) bond motifs is 1. The number of nitrogens with zero attached hydrogens (tertiary/aromatic N) is 1. The molecule has 0 radical (unpaired) electrons. The molecule has 0 bridgehead atoms. The van der Waals surface area contributed by atoms with Gasteiger partial charge in [-0.05, 0) is 66.7 Å². The number of amides is 1. The summed E-state index contributed by atoms with van der Waals surface area (Å²) in [4.78, 5) is 20.1. The maximum absolute atomic E-state index is 12.2. The van der Waals surface area contributed by atoms with Crippen LogP contribution in [0.4, 0.5) is 11.4 Å². The summed E-state index contributed by atoms with van der Waals surface area (Å²) in [5, 5.41) is 3.46. The van der Waals surface area contributed by atoms with Gasteiger partial charge in [0.15, 0.2) is 0 Å². The van der Waals surface area contributed by atoms with E-state index in [2.05, 4.69) is 15.3 Å². The molecular formula is C20H15ClN4O. The Balaban J connectivity index is 1.54. The van der Waals surface area contributed by atoms with Crippen molar-refractivity contribution < 1.29 is 4.79 Å². The monoisotopic (exact) mass is 362 g/mol. The number of hydrogen-bond acceptors (Lipinski definition) is 3. The third-order valence-corrected chi connectivity index (χ3v) is 4.28. The quantitative estimate of drug-likeness (QED) is 0.461. The smallest absolute Gasteiger partial charge is 0.255 e. The highest BCUT2D eigenvalue weighted by Crippen LogP contribution is 2.23. The van der Waals surface area contributed by atoms with Gasteiger partial charge in [0.1, 0.15) is 5.82 Å². The molecule has 4 rings (SSSR count). The van der Waals surface area contributed by atoms with Gasteiger partial charge in [-0.1, -0.05) is 11.6 Å². The number of aromatic amines is 1. The first-order chi connectivity index (χ1) is 12.6. The van der Waals surface area contributed by atoms with Crippen LogP contribution in [0.5, 0.6) is 0 Å². The van der Waals surface area contributed by atoms with E-state index in [1.807, 2.05) is 42.5 Å². The van der Waals surface area contributed by atoms with E-state index in [4.69, 9.17) is 17.3 Å². The zero-order valence-corrected chi connectivity index (χ0v) is 14.4. The number of anilines is 2. The molecule has 1 amide bonds. The van der Waals surface area contributed by atoms with Gasteiger partial charge in [0.25, 0.3) is 5.91 Å². The Morgan fingerprint density at radius 1 is 1.00 bits per heavy atom. The van der Waals surface area contributed by atoms with Gasteiger partial charge in [-0.25, -0.2) is 4.98 Å². The van der Waals surface area contributed by atoms with Gasteiger partial charge in [-0.15, -0.1) is 0 Å². The molecule has 0 aliphatic rings. The van der Waals surface area contributed by atoms with Crippen LogP contribution in [-0.4, -0.2) is 15.9 Å². The summed E-state index contributed by atoms with van der Waals surface area (Å²) in [5.74, 6) is 0.565. The van der Waals surface area contributed by atoms with Crippen LogP contribution in [0, 0.1) is 0 Å². The average Bonchev–Trinajstić information content (AvgIpc) is 3.06. The van der Waals surface area contributed by atoms with Crippen molar-refractivity contribution in [3.63, 3.8) is 0 Å². The molecule has 0 saturated heterocycles. The first-order valence-electron chi connectivity index (χ1n) is 8.01. The third-order valence-electron chi connectivity index (χ3n) is 4.03. The summed E-state index contributed by atoms with van der Waals surface area (Å²) in [6.45, 7) is 0. The van der Waals surface area contributed by atoms with Crippen molar-refractivity contribution in [3.05, 3.63) is 77.3 Å². The van der Waals surface area contributed by atoms with Gasteiger partial charge in [0.2, 0.25) is 0 Å². The predicted octanol–water partition coefficient (Wildman–Crippen LogP) is 4.72. The minimum absolute atomic E-state index is 0.186. The third kappa shape index (κ3) is 3.25. The van der Waals surface area contributed by atoms with Crippen LogP contribution in [0.15, 0.2) is 66.7 Å². The van der Waals surface area contributed by atoms with Crippen molar-refractivity contribution in [2.75, 3.05) is 11.1 Å². The number of benzene rings is 3. The maximum Gasteiger partial charge on any atom is 0.255 e. The minimum atomic E-state index is -0.186. The number of nitrogens with two attached hydrogens (primary N) is 1. The van der Waals surface area contributed by atoms with Crippen molar-refractivity contribution in [2.24, 2.45) is 0 Å². The lowest BCUT2D eigenvalue weighted by molar-refractivity contribution is 0.102. The topological polar surface area (TPSA) is 83.8 Å². The van der Waals surface area contributed by atoms with Crippen molar-refractivity contribution in [2.45, 2.75) is 0 Å². The maximum atomic E-state index is 12.2. The van der Waals surface area contributed by atoms with Crippen LogP contribution in [-0.2, 0) is 0 Å². The van der Waals surface area contributed by atoms with Gasteiger partial charge in [0, 0.05) is 27.5 Å². The molecule has 26 heavy (non-hydrogen) atoms. The highest BCUT2D eigenvalue weighted by molar-refractivity contribution is 6.30. The van der Waals surface area contributed by atoms with Gasteiger partial charge in [-0.2, -0.15) is 0 Å². The molecule has 1 heterocycles. The fourth-order valence-corrected chi connectivity index (χ4v) is 2.81. The predicted molar refractivity (Wildman–Crippen MR) is 105 cm³/mol. The second-order valence-electron chi connectivity index (χ2n) is 5.90. The molecular weight excluding hydrogens is 348 g/mol. The number of H-pyrrole nitrogens is 1. The SMILES string of the molecule is Nc1ccc2nc(-c3ccc(NC(=O)c4ccc(Cl)cc4)cc3)[nH]c2c1. The molecule has 0 aliphatic heterocycles. The molecule has 3 aromatic carbocycles. The lowest BCUT2D eigenvalue weighted by Gasteiger charge is -2.06. The minimum Gasteiger partial charge on any atom is -0.399 e. The lowest BCUT2D eigenvalue weighted by Crippen LogP contribution is -2.11. The van der Waals surface area contributed by atoms with E-state index in [0.717, 1.165) is 22.4 Å². The zero-order valence-electron chi connectivity index (χ0n) is 13.7. The fraction of sp³-hybridized carbons (Fsp3) is 0. The summed E-state index contributed by atoms with van der Waals surface area (Å²) < 4.78 is 0. The Hall–Kier alpha value is -3.31. The number of hydrogen-bond donors (Lipinski definition) is 3. The molecule has 0 aliphatic carbocycles. The van der Waals surface area contributed by atoms with Gasteiger partial charge < -0.3 is 16.0 Å². The van der Waals surface area contributed by atoms with Gasteiger partial charge >= 0.3 is 0 Å². The van der Waals surface area contributed by atoms with E-state index in [1.54, 1.807) is 24.3 Å². The average molecular weight is 363 g/mol. The van der Waals surface area contributed by atoms with Crippen molar-refractivity contribution >= 4 is 39.9 Å². The number of rotatable bonds is 3. The highest BCUT2D eigenvalue weighted by Gasteiger charge is 2.08. The molecule has 6 heteroatoms. The van der Waals surface area contributed by atoms with E-state index >= 15 is 0 Å². The number of carbonyl (C=O) groups is 1. The van der Waals surface area contributed by atoms with Crippen LogP contribution in [0.2, 0.25) is 5.02 Å². The highest BCUT2D eigenvalue weighted by atomic mass is 35.5. The molecule has 4 aromatic rings. The number of nitrogens with one attached hydrogen (secondary N) is 2. The van der Waals surface area contributed by atoms with Crippen molar-refractivity contribution in [1.29, 1.82) is 0 Å². The molecule has 1 aromatic heterocycles. The van der Waals surface area contributed by atoms with E-state index < -0.39 is 0 Å². The Morgan fingerprint density at radius 3 is 2.46 bits per heavy atom. The molecule has 128 valence electrons. The van der Waals surface area contributed by atoms with Crippen molar-refractivity contribution in [1.82, 2.24) is 9.97 Å². The second-order valence-corrected chi connectivity index (χ2v) is 6.34. The molecule has 4 N–H and O–H groups in total. The number of carbonyl (C=O) groups excluding carboxylic acids is 1. The first kappa shape index (κ1) is 16.2. The van der Waals surface area contributed by atoms with Crippen LogP contribution in [0.1, 0.15) is 10.4 Å². The van der Waals surface area contributed by atoms with E-state index in [-0.39, 0.29) is 5.91 Å². The normalized spacial score (nSPS) is 10.8. The molecule has 0 saturated carbocycles. The van der Waals surface area contributed by atoms with E-state index in [9.17, 15) is 4.79 Å². The Morgan fingerprint density at radius 2 is 1.73 bits per heavy atom. The number of imidazole rings is 1. The summed E-state index contributed by atoms with van der Waals surface area (Å²) in [7, 11) is 0. The number of nitrogen functional groups attached to an aromatic ring is 1. The zero-order chi connectivity index (χ0) is 18.1. The van der Waals surface area contributed by atoms with Crippen molar-refractivity contribution in [3.8, 4) is 11.4 Å². The Labute approximate surface area is 154 Å². The standard InChI is InChI=1S/C20H15ClN4O/c21-14-5-1-13(2-6-14)20(26)23-16-8-3-12(4-9-16)19-24-17-10-7-15(22)11-18(17)25-19/h1-11H,22H2,(H,23,26)(H,24,25). The summed E-state index contributed by atoms with van der Waals surface area (Å²) in [5.41, 5.74) is 10.4. The van der Waals surface area contributed by atoms with Crippen LogP contribution >= 0.6 is 11.6 Å². The van der Waals surface area contributed by atoms with Crippen LogP contribution in [0.3, 0.4) is 0 Å². The molecule has 0 spiro atoms. The Kier molecular flexibility index (Phi) is 4.07. The fourth-order valence-electron chi connectivity index (χ4n) is 2.68. The van der Waals surface area contributed by atoms with Gasteiger partial charge in [0.05, 0.1) is 11.0 Å². The number of halogens is 1. The molecule has 0 unspecified atom stereocenters. The summed E-state index contributed by atoms with van der Waals surface area (Å²) in [6.07, 6.45) is 0. The first-order valence-corrected chi connectivity index (χ1v) is 8.39. The summed E-state index contributed by atoms with van der Waals surface area (Å²) >= 11 is 5.84. The Bertz CT molecular complexity index is 1090. The molecule has 0 fully saturated rings. The number of aromatic nitrogens is 2. The summed E-state index contributed by atoms with van der Waals surface area (Å²) in [6, 6.07) is 19.8. The largest absolute Gasteiger partial charge is 0.399 e. The van der Waals surface area contributed by atoms with Gasteiger partial charge in [-0.3, -0.25) is 4.79 Å². The molecule has 0 atom stereocenters. The molecule has 5 nitrogen and oxygen atoms in total. The lowest BCUT2D eigenvalue weighted by atomic mass is 10.1. The van der Waals surface area contributed by atoms with Crippen LogP contribution < -0.4 is 11.1 Å². The van der Waals surface area contributed by atoms with E-state index in [0.29, 0.717) is 22.0 Å².